The highest BCUT2D eigenvalue weighted by molar-refractivity contribution is 6.30. The van der Waals surface area contributed by atoms with Crippen molar-refractivity contribution >= 4 is 35.3 Å². The fraction of sp³-hybridized carbons (Fsp3) is 0.0476. The van der Waals surface area contributed by atoms with Gasteiger partial charge in [0.2, 0.25) is 0 Å². The van der Waals surface area contributed by atoms with Crippen LogP contribution in [0.4, 0.5) is 5.69 Å². The van der Waals surface area contributed by atoms with Crippen molar-refractivity contribution in [1.82, 2.24) is 10.4 Å². The smallest absolute Gasteiger partial charge is 0.271 e. The molecule has 0 atom stereocenters. The number of aromatic nitrogens is 1. The average molecular weight is 393 g/mol. The number of hydrogen-bond donors (Lipinski definition) is 2. The molecule has 0 fully saturated rings. The fourth-order valence-corrected chi connectivity index (χ4v) is 2.53. The van der Waals surface area contributed by atoms with Crippen molar-refractivity contribution in [3.63, 3.8) is 0 Å². The molecule has 0 radical (unpaired) electrons. The molecule has 140 valence electrons. The summed E-state index contributed by atoms with van der Waals surface area (Å²) in [6.45, 7) is 1.87. The summed E-state index contributed by atoms with van der Waals surface area (Å²) in [5, 5.41) is 7.22. The van der Waals surface area contributed by atoms with E-state index in [1.54, 1.807) is 54.6 Å². The largest absolute Gasteiger partial charge is 0.322 e. The number of carbonyl (C=O) groups excluding carboxylic acids is 2. The monoisotopic (exact) mass is 392 g/mol. The number of pyridine rings is 1. The first-order chi connectivity index (χ1) is 13.5. The number of aryl methyl sites for hydroxylation is 1. The molecule has 28 heavy (non-hydrogen) atoms. The second-order valence-corrected chi connectivity index (χ2v) is 6.38. The van der Waals surface area contributed by atoms with Crippen molar-refractivity contribution in [2.45, 2.75) is 6.92 Å². The number of hydrogen-bond acceptors (Lipinski definition) is 4. The molecular formula is C21H17ClN4O2. The number of amides is 2. The Balaban J connectivity index is 1.64. The number of halogens is 1. The molecule has 1 heterocycles. The van der Waals surface area contributed by atoms with E-state index in [1.165, 1.54) is 6.21 Å². The van der Waals surface area contributed by atoms with Gasteiger partial charge in [-0.2, -0.15) is 5.10 Å². The fourth-order valence-electron chi connectivity index (χ4n) is 2.40. The first kappa shape index (κ1) is 19.3. The van der Waals surface area contributed by atoms with Gasteiger partial charge in [-0.25, -0.2) is 5.43 Å². The van der Waals surface area contributed by atoms with Crippen molar-refractivity contribution in [3.05, 3.63) is 94.3 Å². The SMILES string of the molecule is Cc1cccc(/C=N/NC(=O)c2cccc(NC(=O)c3ccc(Cl)cc3)c2)n1. The third kappa shape index (κ3) is 5.25. The maximum absolute atomic E-state index is 12.3. The summed E-state index contributed by atoms with van der Waals surface area (Å²) < 4.78 is 0. The van der Waals surface area contributed by atoms with E-state index in [0.717, 1.165) is 5.69 Å². The zero-order chi connectivity index (χ0) is 19.9. The van der Waals surface area contributed by atoms with Gasteiger partial charge in [-0.3, -0.25) is 14.6 Å². The van der Waals surface area contributed by atoms with E-state index in [9.17, 15) is 9.59 Å². The van der Waals surface area contributed by atoms with Gasteiger partial charge in [0, 0.05) is 27.5 Å². The van der Waals surface area contributed by atoms with Crippen LogP contribution in [0.15, 0.2) is 71.8 Å². The molecule has 2 amide bonds. The first-order valence-electron chi connectivity index (χ1n) is 8.45. The van der Waals surface area contributed by atoms with Crippen LogP contribution in [0, 0.1) is 6.92 Å². The molecule has 3 aromatic rings. The molecule has 7 heteroatoms. The summed E-state index contributed by atoms with van der Waals surface area (Å²) in [4.78, 5) is 28.8. The number of nitrogens with zero attached hydrogens (tertiary/aromatic N) is 2. The zero-order valence-electron chi connectivity index (χ0n) is 15.0. The molecule has 3 rings (SSSR count). The lowest BCUT2D eigenvalue weighted by Crippen LogP contribution is -2.18. The van der Waals surface area contributed by atoms with Crippen LogP contribution in [0.3, 0.4) is 0 Å². The van der Waals surface area contributed by atoms with Gasteiger partial charge in [-0.15, -0.1) is 0 Å². The number of carbonyl (C=O) groups is 2. The standard InChI is InChI=1S/C21H17ClN4O2/c1-14-4-2-7-19(24-14)13-23-26-21(28)16-5-3-6-18(12-16)25-20(27)15-8-10-17(22)11-9-15/h2-13H,1H3,(H,25,27)(H,26,28)/b23-13+. The summed E-state index contributed by atoms with van der Waals surface area (Å²) in [7, 11) is 0. The minimum absolute atomic E-state index is 0.294. The highest BCUT2D eigenvalue weighted by Gasteiger charge is 2.09. The second-order valence-electron chi connectivity index (χ2n) is 5.94. The van der Waals surface area contributed by atoms with E-state index >= 15 is 0 Å². The Kier molecular flexibility index (Phi) is 6.14. The number of hydrazone groups is 1. The van der Waals surface area contributed by atoms with Crippen LogP contribution in [0.1, 0.15) is 32.1 Å². The maximum Gasteiger partial charge on any atom is 0.271 e. The highest BCUT2D eigenvalue weighted by Crippen LogP contribution is 2.14. The summed E-state index contributed by atoms with van der Waals surface area (Å²) in [5.74, 6) is -0.690. The Hall–Kier alpha value is -3.51. The normalized spacial score (nSPS) is 10.6. The van der Waals surface area contributed by atoms with Crippen LogP contribution in [0.25, 0.3) is 0 Å². The predicted molar refractivity (Wildman–Crippen MR) is 110 cm³/mol. The van der Waals surface area contributed by atoms with E-state index in [0.29, 0.717) is 27.5 Å². The van der Waals surface area contributed by atoms with E-state index in [1.807, 2.05) is 19.1 Å². The lowest BCUT2D eigenvalue weighted by Gasteiger charge is -2.07. The number of benzene rings is 2. The molecule has 6 nitrogen and oxygen atoms in total. The highest BCUT2D eigenvalue weighted by atomic mass is 35.5. The third-order valence-corrected chi connectivity index (χ3v) is 4.01. The second kappa shape index (κ2) is 8.92. The molecule has 0 saturated carbocycles. The summed E-state index contributed by atoms with van der Waals surface area (Å²) in [6, 6.07) is 18.6. The topological polar surface area (TPSA) is 83.5 Å². The minimum atomic E-state index is -0.397. The average Bonchev–Trinajstić information content (AvgIpc) is 2.68. The van der Waals surface area contributed by atoms with Gasteiger partial charge in [-0.05, 0) is 61.5 Å². The molecule has 0 aliphatic heterocycles. The van der Waals surface area contributed by atoms with Crippen LogP contribution >= 0.6 is 11.6 Å². The Bertz CT molecular complexity index is 1030. The van der Waals surface area contributed by atoms with Gasteiger partial charge < -0.3 is 5.32 Å². The molecule has 0 unspecified atom stereocenters. The van der Waals surface area contributed by atoms with Crippen LogP contribution in [0.2, 0.25) is 5.02 Å². The van der Waals surface area contributed by atoms with Gasteiger partial charge in [0.05, 0.1) is 11.9 Å². The van der Waals surface area contributed by atoms with Crippen LogP contribution < -0.4 is 10.7 Å². The molecule has 2 aromatic carbocycles. The molecule has 0 bridgehead atoms. The minimum Gasteiger partial charge on any atom is -0.322 e. The van der Waals surface area contributed by atoms with Gasteiger partial charge in [0.15, 0.2) is 0 Å². The zero-order valence-corrected chi connectivity index (χ0v) is 15.8. The lowest BCUT2D eigenvalue weighted by molar-refractivity contribution is 0.0953. The van der Waals surface area contributed by atoms with E-state index in [4.69, 9.17) is 11.6 Å². The summed E-state index contributed by atoms with van der Waals surface area (Å²) in [6.07, 6.45) is 1.47. The van der Waals surface area contributed by atoms with Gasteiger partial charge in [-0.1, -0.05) is 23.7 Å². The molecule has 0 aliphatic rings. The van der Waals surface area contributed by atoms with E-state index < -0.39 is 5.91 Å². The summed E-state index contributed by atoms with van der Waals surface area (Å²) in [5.41, 5.74) is 5.28. The molecule has 2 N–H and O–H groups in total. The first-order valence-corrected chi connectivity index (χ1v) is 8.83. The molecule has 1 aromatic heterocycles. The van der Waals surface area contributed by atoms with E-state index in [-0.39, 0.29) is 5.91 Å². The van der Waals surface area contributed by atoms with Gasteiger partial charge >= 0.3 is 0 Å². The van der Waals surface area contributed by atoms with Crippen molar-refractivity contribution < 1.29 is 9.59 Å². The third-order valence-electron chi connectivity index (χ3n) is 3.76. The van der Waals surface area contributed by atoms with Crippen LogP contribution in [-0.4, -0.2) is 23.0 Å². The Morgan fingerprint density at radius 3 is 2.46 bits per heavy atom. The number of rotatable bonds is 5. The van der Waals surface area contributed by atoms with Crippen molar-refractivity contribution in [2.75, 3.05) is 5.32 Å². The van der Waals surface area contributed by atoms with Crippen molar-refractivity contribution in [1.29, 1.82) is 0 Å². The van der Waals surface area contributed by atoms with Crippen molar-refractivity contribution in [2.24, 2.45) is 5.10 Å². The molecule has 0 spiro atoms. The number of nitrogens with one attached hydrogen (secondary N) is 2. The Labute approximate surface area is 167 Å². The lowest BCUT2D eigenvalue weighted by atomic mass is 10.1. The predicted octanol–water partition coefficient (Wildman–Crippen LogP) is 4.06. The van der Waals surface area contributed by atoms with Crippen molar-refractivity contribution in [3.8, 4) is 0 Å². The Morgan fingerprint density at radius 1 is 0.964 bits per heavy atom. The quantitative estimate of drug-likeness (QED) is 0.507. The molecule has 0 saturated heterocycles. The Morgan fingerprint density at radius 2 is 1.71 bits per heavy atom. The molecular weight excluding hydrogens is 376 g/mol. The number of anilines is 1. The van der Waals surface area contributed by atoms with Crippen LogP contribution in [-0.2, 0) is 0 Å². The summed E-state index contributed by atoms with van der Waals surface area (Å²) >= 11 is 5.83. The van der Waals surface area contributed by atoms with Gasteiger partial charge in [0.25, 0.3) is 11.8 Å². The van der Waals surface area contributed by atoms with E-state index in [2.05, 4.69) is 20.8 Å². The van der Waals surface area contributed by atoms with Crippen LogP contribution in [0.5, 0.6) is 0 Å². The maximum atomic E-state index is 12.3. The molecule has 0 aliphatic carbocycles. The van der Waals surface area contributed by atoms with Gasteiger partial charge in [0.1, 0.15) is 0 Å².